The van der Waals surface area contributed by atoms with Gasteiger partial charge in [-0.3, -0.25) is 0 Å². The van der Waals surface area contributed by atoms with E-state index in [2.05, 4.69) is 20.8 Å². The van der Waals surface area contributed by atoms with E-state index in [0.29, 0.717) is 5.41 Å². The molecule has 0 N–H and O–H groups in total. The second-order valence-electron chi connectivity index (χ2n) is 9.52. The Balaban J connectivity index is 0.00000121. The van der Waals surface area contributed by atoms with Crippen molar-refractivity contribution in [3.63, 3.8) is 0 Å². The molecule has 0 nitrogen and oxygen atoms in total. The van der Waals surface area contributed by atoms with Crippen molar-refractivity contribution in [2.75, 3.05) is 0 Å². The molecule has 5 aliphatic rings. The Kier molecular flexibility index (Phi) is 4.19. The molecule has 4 bridgehead atoms. The van der Waals surface area contributed by atoms with E-state index in [0.717, 1.165) is 17.8 Å². The van der Waals surface area contributed by atoms with Crippen LogP contribution in [0.25, 0.3) is 0 Å². The van der Waals surface area contributed by atoms with Crippen LogP contribution in [0, 0.1) is 23.2 Å². The molecule has 2 heterocycles. The standard InChI is InChI=1S/C18H32B.Li/c1-12-16-10-13(18(16,2)3)11-17(12)19-14-6-4-7-15(19)9-5-8-14;/h12-17,19H,4-11H2,1-3H3;/q-1;+1/t12-,13?,14?,15?,16?,17-,19?;/m0./s1. The topological polar surface area (TPSA) is 0 Å². The van der Waals surface area contributed by atoms with Gasteiger partial charge in [0.15, 0.2) is 0 Å². The summed E-state index contributed by atoms with van der Waals surface area (Å²) in [7, 11) is 0. The van der Waals surface area contributed by atoms with Crippen molar-refractivity contribution in [2.24, 2.45) is 23.2 Å². The van der Waals surface area contributed by atoms with E-state index in [1.54, 1.807) is 51.4 Å². The van der Waals surface area contributed by atoms with Crippen molar-refractivity contribution in [1.82, 2.24) is 0 Å². The third-order valence-electron chi connectivity index (χ3n) is 8.90. The van der Waals surface area contributed by atoms with Gasteiger partial charge in [-0.15, -0.1) is 0 Å². The van der Waals surface area contributed by atoms with E-state index in [-0.39, 0.29) is 25.6 Å². The van der Waals surface area contributed by atoms with Gasteiger partial charge in [0.05, 0.1) is 0 Å². The van der Waals surface area contributed by atoms with Crippen LogP contribution in [-0.2, 0) is 0 Å². The van der Waals surface area contributed by atoms with Crippen LogP contribution in [-0.4, -0.2) is 6.71 Å². The predicted octanol–water partition coefficient (Wildman–Crippen LogP) is 2.40. The molecule has 3 saturated carbocycles. The molecule has 2 heteroatoms. The van der Waals surface area contributed by atoms with Gasteiger partial charge in [0, 0.05) is 0 Å². The van der Waals surface area contributed by atoms with Gasteiger partial charge in [0.2, 0.25) is 0 Å². The van der Waals surface area contributed by atoms with Crippen LogP contribution in [0.1, 0.15) is 72.1 Å². The summed E-state index contributed by atoms with van der Waals surface area (Å²) in [6, 6.07) is 0. The van der Waals surface area contributed by atoms with Crippen LogP contribution < -0.4 is 18.9 Å². The summed E-state index contributed by atoms with van der Waals surface area (Å²) in [5.74, 6) is 6.83. The maximum Gasteiger partial charge on any atom is 1.00 e. The van der Waals surface area contributed by atoms with Gasteiger partial charge in [-0.2, -0.15) is 17.5 Å². The first-order chi connectivity index (χ1) is 9.09. The van der Waals surface area contributed by atoms with Crippen LogP contribution in [0.15, 0.2) is 0 Å². The Bertz CT molecular complexity index is 344. The van der Waals surface area contributed by atoms with E-state index >= 15 is 0 Å². The van der Waals surface area contributed by atoms with Gasteiger partial charge >= 0.3 is 18.9 Å². The van der Waals surface area contributed by atoms with Gasteiger partial charge in [0.25, 0.3) is 0 Å². The van der Waals surface area contributed by atoms with Crippen molar-refractivity contribution in [1.29, 1.82) is 0 Å². The van der Waals surface area contributed by atoms with E-state index in [4.69, 9.17) is 0 Å². The minimum absolute atomic E-state index is 0. The molecule has 3 aliphatic carbocycles. The average molecular weight is 266 g/mol. The summed E-state index contributed by atoms with van der Waals surface area (Å²) in [6.07, 6.45) is 12.8. The zero-order valence-corrected chi connectivity index (χ0v) is 14.3. The zero-order chi connectivity index (χ0) is 13.2. The molecule has 0 amide bonds. The maximum atomic E-state index is 2.64. The van der Waals surface area contributed by atoms with Crippen LogP contribution >= 0.6 is 0 Å². The molecular weight excluding hydrogens is 234 g/mol. The van der Waals surface area contributed by atoms with Gasteiger partial charge in [-0.25, -0.2) is 0 Å². The first-order valence-electron chi connectivity index (χ1n) is 9.31. The SMILES string of the molecule is C[C@H]1C2CC(C[C@@H]1[BH-]1C3CCCC1CCC3)C2(C)C.[Li+]. The Morgan fingerprint density at radius 2 is 1.45 bits per heavy atom. The molecule has 108 valence electrons. The second kappa shape index (κ2) is 5.38. The summed E-state index contributed by atoms with van der Waals surface area (Å²) in [5, 5.41) is 0. The van der Waals surface area contributed by atoms with E-state index in [1.807, 2.05) is 0 Å². The molecule has 5 fully saturated rings. The largest absolute Gasteiger partial charge is 1.00 e. The maximum absolute atomic E-state index is 2.64. The molecule has 20 heavy (non-hydrogen) atoms. The predicted molar refractivity (Wildman–Crippen MR) is 85.3 cm³/mol. The molecule has 0 spiro atoms. The third kappa shape index (κ3) is 2.10. The van der Waals surface area contributed by atoms with E-state index in [1.165, 1.54) is 17.5 Å². The van der Waals surface area contributed by atoms with Crippen LogP contribution in [0.5, 0.6) is 0 Å². The van der Waals surface area contributed by atoms with Crippen molar-refractivity contribution in [3.05, 3.63) is 0 Å². The van der Waals surface area contributed by atoms with Crippen LogP contribution in [0.4, 0.5) is 0 Å². The normalized spacial score (nSPS) is 52.6. The van der Waals surface area contributed by atoms with Crippen molar-refractivity contribution >= 4 is 6.71 Å². The fourth-order valence-electron chi connectivity index (χ4n) is 7.83. The first-order valence-corrected chi connectivity index (χ1v) is 9.31. The van der Waals surface area contributed by atoms with Crippen molar-refractivity contribution in [2.45, 2.75) is 89.6 Å². The minimum atomic E-state index is 0. The summed E-state index contributed by atoms with van der Waals surface area (Å²) in [4.78, 5) is 0. The number of fused-ring (bicyclic) bond motifs is 5. The van der Waals surface area contributed by atoms with Gasteiger partial charge in [0.1, 0.15) is 0 Å². The number of rotatable bonds is 1. The Labute approximate surface area is 138 Å². The molecule has 0 aromatic carbocycles. The molecule has 0 aromatic rings. The molecule has 5 rings (SSSR count). The smallest absolute Gasteiger partial charge is 0.169 e. The third-order valence-corrected chi connectivity index (χ3v) is 8.90. The molecule has 2 aliphatic heterocycles. The monoisotopic (exact) mass is 266 g/mol. The van der Waals surface area contributed by atoms with E-state index in [9.17, 15) is 0 Å². The summed E-state index contributed by atoms with van der Waals surface area (Å²) in [5.41, 5.74) is 0.694. The van der Waals surface area contributed by atoms with Crippen LogP contribution in [0.3, 0.4) is 0 Å². The zero-order valence-electron chi connectivity index (χ0n) is 14.3. The van der Waals surface area contributed by atoms with E-state index < -0.39 is 0 Å². The molecule has 0 radical (unpaired) electrons. The minimum Gasteiger partial charge on any atom is -0.169 e. The van der Waals surface area contributed by atoms with Crippen molar-refractivity contribution in [3.8, 4) is 0 Å². The molecule has 4 atom stereocenters. The summed E-state index contributed by atoms with van der Waals surface area (Å²) >= 11 is 0. The number of hydrogen-bond acceptors (Lipinski definition) is 0. The van der Waals surface area contributed by atoms with Gasteiger partial charge in [-0.05, 0) is 30.4 Å². The second-order valence-corrected chi connectivity index (χ2v) is 9.52. The summed E-state index contributed by atoms with van der Waals surface area (Å²) < 4.78 is 0. The van der Waals surface area contributed by atoms with Gasteiger partial charge < -0.3 is 0 Å². The van der Waals surface area contributed by atoms with Crippen LogP contribution in [0.2, 0.25) is 17.5 Å². The Morgan fingerprint density at radius 3 is 1.90 bits per heavy atom. The molecule has 2 saturated heterocycles. The van der Waals surface area contributed by atoms with Gasteiger partial charge in [-0.1, -0.05) is 71.6 Å². The molecule has 2 unspecified atom stereocenters. The summed E-state index contributed by atoms with van der Waals surface area (Å²) in [6.45, 7) is 7.96. The fraction of sp³-hybridized carbons (Fsp3) is 1.00. The fourth-order valence-corrected chi connectivity index (χ4v) is 7.83. The molecular formula is C18H32BLi. The Hall–Kier alpha value is 0.662. The first kappa shape index (κ1) is 15.6. The number of hydrogen-bond donors (Lipinski definition) is 0. The molecule has 0 aromatic heterocycles. The Morgan fingerprint density at radius 1 is 0.900 bits per heavy atom. The van der Waals surface area contributed by atoms with Crippen molar-refractivity contribution < 1.29 is 18.9 Å². The average Bonchev–Trinajstić information content (AvgIpc) is 2.37. The quantitative estimate of drug-likeness (QED) is 0.639.